The van der Waals surface area contributed by atoms with Gasteiger partial charge in [-0.1, -0.05) is 79.4 Å². The Bertz CT molecular complexity index is 1850. The first kappa shape index (κ1) is 36.4. The highest BCUT2D eigenvalue weighted by Gasteiger charge is 2.36. The molecule has 0 saturated heterocycles. The quantitative estimate of drug-likeness (QED) is 0.162. The second-order valence-electron chi connectivity index (χ2n) is 12.6. The smallest absolute Gasteiger partial charge is 0.264 e. The van der Waals surface area contributed by atoms with Gasteiger partial charge in [0.25, 0.3) is 10.0 Å². The van der Waals surface area contributed by atoms with Crippen LogP contribution in [-0.2, 0) is 32.6 Å². The van der Waals surface area contributed by atoms with Gasteiger partial charge >= 0.3 is 0 Å². The molecule has 4 aromatic carbocycles. The Morgan fingerprint density at radius 3 is 2.18 bits per heavy atom. The van der Waals surface area contributed by atoms with E-state index < -0.39 is 34.3 Å². The summed E-state index contributed by atoms with van der Waals surface area (Å²) >= 11 is 0. The highest BCUT2D eigenvalue weighted by Crippen LogP contribution is 2.36. The molecule has 264 valence electrons. The number of sulfonamides is 1. The number of carbonyl (C=O) groups excluding carboxylic acids is 2. The number of aryl methyl sites for hydroxylation is 1. The molecule has 1 atom stereocenters. The number of anilines is 1. The molecular formula is C39H44FN3O6S. The van der Waals surface area contributed by atoms with Gasteiger partial charge < -0.3 is 19.7 Å². The van der Waals surface area contributed by atoms with E-state index >= 15 is 0 Å². The van der Waals surface area contributed by atoms with Crippen molar-refractivity contribution in [2.24, 2.45) is 0 Å². The van der Waals surface area contributed by atoms with Crippen LogP contribution in [0, 0.1) is 12.7 Å². The Kier molecular flexibility index (Phi) is 12.1. The Morgan fingerprint density at radius 1 is 0.860 bits per heavy atom. The topological polar surface area (TPSA) is 105 Å². The molecule has 2 amide bonds. The summed E-state index contributed by atoms with van der Waals surface area (Å²) in [6.07, 6.45) is 4.97. The summed E-state index contributed by atoms with van der Waals surface area (Å²) in [6.45, 7) is 1.12. The van der Waals surface area contributed by atoms with Crippen molar-refractivity contribution in [2.75, 3.05) is 25.1 Å². The number of ether oxygens (including phenoxy) is 2. The van der Waals surface area contributed by atoms with Crippen LogP contribution in [-0.4, -0.2) is 58.0 Å². The average molecular weight is 702 g/mol. The minimum atomic E-state index is -4.36. The van der Waals surface area contributed by atoms with Crippen molar-refractivity contribution in [1.29, 1.82) is 0 Å². The molecule has 1 aliphatic carbocycles. The molecule has 0 aromatic heterocycles. The van der Waals surface area contributed by atoms with Gasteiger partial charge in [-0.3, -0.25) is 13.9 Å². The molecule has 1 saturated carbocycles. The van der Waals surface area contributed by atoms with Crippen LogP contribution in [0.25, 0.3) is 0 Å². The first-order chi connectivity index (χ1) is 24.1. The Balaban J connectivity index is 1.61. The van der Waals surface area contributed by atoms with Crippen LogP contribution < -0.4 is 19.1 Å². The molecule has 0 radical (unpaired) electrons. The van der Waals surface area contributed by atoms with E-state index in [1.165, 1.54) is 49.5 Å². The van der Waals surface area contributed by atoms with E-state index in [4.69, 9.17) is 9.47 Å². The number of methoxy groups -OCH3 is 2. The first-order valence-corrected chi connectivity index (χ1v) is 18.2. The lowest BCUT2D eigenvalue weighted by Gasteiger charge is -2.35. The van der Waals surface area contributed by atoms with Crippen LogP contribution in [0.15, 0.2) is 102 Å². The molecule has 0 heterocycles. The maximum atomic E-state index is 14.8. The summed E-state index contributed by atoms with van der Waals surface area (Å²) < 4.78 is 54.9. The number of rotatable bonds is 14. The Labute approximate surface area is 294 Å². The number of benzene rings is 4. The number of nitrogens with zero attached hydrogens (tertiary/aromatic N) is 2. The van der Waals surface area contributed by atoms with Gasteiger partial charge in [-0.25, -0.2) is 12.8 Å². The summed E-state index contributed by atoms with van der Waals surface area (Å²) in [5.41, 5.74) is 2.36. The molecular weight excluding hydrogens is 658 g/mol. The number of carbonyl (C=O) groups is 2. The second kappa shape index (κ2) is 16.7. The van der Waals surface area contributed by atoms with E-state index in [0.29, 0.717) is 11.3 Å². The van der Waals surface area contributed by atoms with Crippen molar-refractivity contribution in [3.8, 4) is 11.5 Å². The van der Waals surface area contributed by atoms with E-state index in [0.717, 1.165) is 47.5 Å². The van der Waals surface area contributed by atoms with Crippen LogP contribution in [0.2, 0.25) is 0 Å². The first-order valence-electron chi connectivity index (χ1n) is 16.8. The SMILES string of the molecule is COc1ccc(OC)c(N(CC(=O)N(Cc2ccc(F)cc2)[C@@H](Cc2ccccc2)C(=O)NC2CCCCC2)S(=O)(=O)c2ccc(C)cc2)c1. The summed E-state index contributed by atoms with van der Waals surface area (Å²) in [6, 6.07) is 25.1. The van der Waals surface area contributed by atoms with E-state index in [-0.39, 0.29) is 41.2 Å². The normalized spacial score (nSPS) is 14.0. The van der Waals surface area contributed by atoms with Crippen molar-refractivity contribution < 1.29 is 31.9 Å². The van der Waals surface area contributed by atoms with E-state index in [1.807, 2.05) is 37.3 Å². The molecule has 4 aromatic rings. The van der Waals surface area contributed by atoms with Crippen molar-refractivity contribution in [2.45, 2.75) is 69.0 Å². The highest BCUT2D eigenvalue weighted by atomic mass is 32.2. The number of hydrogen-bond acceptors (Lipinski definition) is 6. The van der Waals surface area contributed by atoms with Gasteiger partial charge in [0.1, 0.15) is 29.9 Å². The predicted molar refractivity (Wildman–Crippen MR) is 191 cm³/mol. The van der Waals surface area contributed by atoms with E-state index in [1.54, 1.807) is 36.4 Å². The van der Waals surface area contributed by atoms with Crippen LogP contribution in [0.3, 0.4) is 0 Å². The standard InChI is InChI=1S/C39H44FN3O6S/c1-28-14-21-34(22-15-28)50(46,47)43(35-25-33(48-2)20-23-37(35)49-3)27-38(44)42(26-30-16-18-31(40)19-17-30)36(24-29-10-6-4-7-11-29)39(45)41-32-12-8-5-9-13-32/h4,6-7,10-11,14-23,25,32,36H,5,8-9,12-13,24,26-27H2,1-3H3,(H,41,45)/t36-/m0/s1. The molecule has 0 spiro atoms. The third-order valence-corrected chi connectivity index (χ3v) is 10.8. The lowest BCUT2D eigenvalue weighted by molar-refractivity contribution is -0.140. The zero-order chi connectivity index (χ0) is 35.7. The monoisotopic (exact) mass is 701 g/mol. The molecule has 1 fully saturated rings. The van der Waals surface area contributed by atoms with Crippen molar-refractivity contribution in [3.63, 3.8) is 0 Å². The average Bonchev–Trinajstić information content (AvgIpc) is 3.13. The predicted octanol–water partition coefficient (Wildman–Crippen LogP) is 6.44. The largest absolute Gasteiger partial charge is 0.497 e. The third kappa shape index (κ3) is 9.01. The Morgan fingerprint density at radius 2 is 1.54 bits per heavy atom. The number of nitrogens with one attached hydrogen (secondary N) is 1. The van der Waals surface area contributed by atoms with Gasteiger partial charge in [-0.2, -0.15) is 0 Å². The van der Waals surface area contributed by atoms with Crippen LogP contribution in [0.4, 0.5) is 10.1 Å². The molecule has 11 heteroatoms. The van der Waals surface area contributed by atoms with Crippen molar-refractivity contribution in [3.05, 3.63) is 120 Å². The maximum absolute atomic E-state index is 14.8. The lowest BCUT2D eigenvalue weighted by Crippen LogP contribution is -2.55. The molecule has 50 heavy (non-hydrogen) atoms. The molecule has 1 N–H and O–H groups in total. The van der Waals surface area contributed by atoms with E-state index in [9.17, 15) is 22.4 Å². The second-order valence-corrected chi connectivity index (χ2v) is 14.4. The molecule has 5 rings (SSSR count). The van der Waals surface area contributed by atoms with Gasteiger partial charge in [-0.05, 0) is 67.3 Å². The fourth-order valence-corrected chi connectivity index (χ4v) is 7.64. The van der Waals surface area contributed by atoms with Gasteiger partial charge in [0.2, 0.25) is 11.8 Å². The van der Waals surface area contributed by atoms with Gasteiger partial charge in [0.15, 0.2) is 0 Å². The van der Waals surface area contributed by atoms with E-state index in [2.05, 4.69) is 5.32 Å². The fourth-order valence-electron chi connectivity index (χ4n) is 6.23. The zero-order valence-corrected chi connectivity index (χ0v) is 29.5. The molecule has 0 bridgehead atoms. The summed E-state index contributed by atoms with van der Waals surface area (Å²) in [4.78, 5) is 30.4. The summed E-state index contributed by atoms with van der Waals surface area (Å²) in [7, 11) is -1.49. The minimum Gasteiger partial charge on any atom is -0.497 e. The number of halogens is 1. The zero-order valence-electron chi connectivity index (χ0n) is 28.7. The fraction of sp³-hybridized carbons (Fsp3) is 0.333. The van der Waals surface area contributed by atoms with Crippen molar-refractivity contribution in [1.82, 2.24) is 10.2 Å². The van der Waals surface area contributed by atoms with Gasteiger partial charge in [0, 0.05) is 25.1 Å². The van der Waals surface area contributed by atoms with Gasteiger partial charge in [0.05, 0.1) is 24.8 Å². The molecule has 0 aliphatic heterocycles. The third-order valence-electron chi connectivity index (χ3n) is 9.03. The summed E-state index contributed by atoms with van der Waals surface area (Å²) in [5.74, 6) is -0.842. The molecule has 0 unspecified atom stereocenters. The molecule has 9 nitrogen and oxygen atoms in total. The van der Waals surface area contributed by atoms with Crippen LogP contribution in [0.1, 0.15) is 48.8 Å². The van der Waals surface area contributed by atoms with Crippen molar-refractivity contribution >= 4 is 27.5 Å². The number of hydrogen-bond donors (Lipinski definition) is 1. The lowest BCUT2D eigenvalue weighted by atomic mass is 9.94. The maximum Gasteiger partial charge on any atom is 0.264 e. The van der Waals surface area contributed by atoms with Crippen LogP contribution >= 0.6 is 0 Å². The highest BCUT2D eigenvalue weighted by molar-refractivity contribution is 7.92. The Hall–Kier alpha value is -4.90. The van der Waals surface area contributed by atoms with Crippen LogP contribution in [0.5, 0.6) is 11.5 Å². The molecule has 1 aliphatic rings. The number of amides is 2. The van der Waals surface area contributed by atoms with Gasteiger partial charge in [-0.15, -0.1) is 0 Å². The summed E-state index contributed by atoms with van der Waals surface area (Å²) in [5, 5.41) is 3.19. The minimum absolute atomic E-state index is 0.0262.